The smallest absolute Gasteiger partial charge is 0.285 e. The monoisotopic (exact) mass is 340 g/mol. The maximum atomic E-state index is 11.0. The van der Waals surface area contributed by atoms with Gasteiger partial charge in [-0.05, 0) is 52.7 Å². The molecule has 0 bridgehead atoms. The van der Waals surface area contributed by atoms with Gasteiger partial charge in [0, 0.05) is 17.8 Å². The SMILES string of the molecule is CC(C)C1CCCCC1Nc1ccc(Br)c([N+](=O)[O-])c1. The highest BCUT2D eigenvalue weighted by Gasteiger charge is 2.27. The van der Waals surface area contributed by atoms with E-state index >= 15 is 0 Å². The summed E-state index contributed by atoms with van der Waals surface area (Å²) in [5.74, 6) is 1.28. The van der Waals surface area contributed by atoms with Gasteiger partial charge in [-0.25, -0.2) is 0 Å². The maximum Gasteiger partial charge on any atom is 0.285 e. The summed E-state index contributed by atoms with van der Waals surface area (Å²) in [7, 11) is 0. The van der Waals surface area contributed by atoms with Crippen molar-refractivity contribution in [3.05, 3.63) is 32.8 Å². The van der Waals surface area contributed by atoms with E-state index in [1.54, 1.807) is 12.1 Å². The number of benzene rings is 1. The fraction of sp³-hybridized carbons (Fsp3) is 0.600. The Morgan fingerprint density at radius 1 is 1.35 bits per heavy atom. The zero-order valence-corrected chi connectivity index (χ0v) is 13.5. The van der Waals surface area contributed by atoms with Gasteiger partial charge in [-0.3, -0.25) is 10.1 Å². The predicted molar refractivity (Wildman–Crippen MR) is 85.0 cm³/mol. The highest BCUT2D eigenvalue weighted by molar-refractivity contribution is 9.10. The molecular weight excluding hydrogens is 320 g/mol. The van der Waals surface area contributed by atoms with E-state index in [0.717, 1.165) is 12.1 Å². The van der Waals surface area contributed by atoms with Crippen molar-refractivity contribution in [2.75, 3.05) is 5.32 Å². The Balaban J connectivity index is 2.16. The molecule has 1 aliphatic carbocycles. The second-order valence-electron chi connectivity index (χ2n) is 5.87. The molecule has 1 aromatic rings. The molecule has 1 aromatic carbocycles. The molecule has 0 saturated heterocycles. The van der Waals surface area contributed by atoms with E-state index in [2.05, 4.69) is 35.1 Å². The van der Waals surface area contributed by atoms with Gasteiger partial charge in [-0.15, -0.1) is 0 Å². The molecule has 20 heavy (non-hydrogen) atoms. The molecule has 0 spiro atoms. The summed E-state index contributed by atoms with van der Waals surface area (Å²) in [6.07, 6.45) is 4.92. The molecule has 0 radical (unpaired) electrons. The highest BCUT2D eigenvalue weighted by Crippen LogP contribution is 2.34. The molecule has 1 fully saturated rings. The average molecular weight is 341 g/mol. The van der Waals surface area contributed by atoms with Crippen molar-refractivity contribution < 1.29 is 4.92 Å². The number of nitrogens with zero attached hydrogens (tertiary/aromatic N) is 1. The number of anilines is 1. The van der Waals surface area contributed by atoms with Crippen LogP contribution in [-0.4, -0.2) is 11.0 Å². The maximum absolute atomic E-state index is 11.0. The first-order valence-corrected chi connectivity index (χ1v) is 7.99. The van der Waals surface area contributed by atoms with Crippen LogP contribution in [0.3, 0.4) is 0 Å². The molecule has 0 amide bonds. The minimum absolute atomic E-state index is 0.118. The van der Waals surface area contributed by atoms with Crippen molar-refractivity contribution >= 4 is 27.3 Å². The molecule has 2 atom stereocenters. The summed E-state index contributed by atoms with van der Waals surface area (Å²) in [5, 5.41) is 14.5. The first kappa shape index (κ1) is 15.3. The van der Waals surface area contributed by atoms with Crippen LogP contribution in [0.2, 0.25) is 0 Å². The Hall–Kier alpha value is -1.10. The molecule has 0 heterocycles. The Bertz CT molecular complexity index is 491. The molecule has 2 rings (SSSR count). The van der Waals surface area contributed by atoms with Crippen LogP contribution in [0.5, 0.6) is 0 Å². The van der Waals surface area contributed by atoms with Crippen LogP contribution < -0.4 is 5.32 Å². The van der Waals surface area contributed by atoms with Crippen LogP contribution in [0.1, 0.15) is 39.5 Å². The number of nitro benzene ring substituents is 1. The lowest BCUT2D eigenvalue weighted by Crippen LogP contribution is -2.35. The molecule has 1 saturated carbocycles. The van der Waals surface area contributed by atoms with Crippen molar-refractivity contribution in [3.63, 3.8) is 0 Å². The molecule has 110 valence electrons. The fourth-order valence-electron chi connectivity index (χ4n) is 3.09. The van der Waals surface area contributed by atoms with Gasteiger partial charge in [-0.2, -0.15) is 0 Å². The normalized spacial score (nSPS) is 22.8. The second-order valence-corrected chi connectivity index (χ2v) is 6.72. The molecule has 2 unspecified atom stereocenters. The van der Waals surface area contributed by atoms with E-state index in [0.29, 0.717) is 22.4 Å². The fourth-order valence-corrected chi connectivity index (χ4v) is 3.48. The standard InChI is InChI=1S/C15H21BrN2O2/c1-10(2)12-5-3-4-6-14(12)17-11-7-8-13(16)15(9-11)18(19)20/h7-10,12,14,17H,3-6H2,1-2H3. The number of nitrogens with one attached hydrogen (secondary N) is 1. The van der Waals surface area contributed by atoms with E-state index in [9.17, 15) is 10.1 Å². The molecular formula is C15H21BrN2O2. The Kier molecular flexibility index (Phi) is 5.02. The third-order valence-corrected chi connectivity index (χ3v) is 4.84. The highest BCUT2D eigenvalue weighted by atomic mass is 79.9. The van der Waals surface area contributed by atoms with Crippen molar-refractivity contribution in [1.82, 2.24) is 0 Å². The van der Waals surface area contributed by atoms with Gasteiger partial charge in [0.25, 0.3) is 5.69 Å². The number of halogens is 1. The summed E-state index contributed by atoms with van der Waals surface area (Å²) >= 11 is 3.22. The zero-order valence-electron chi connectivity index (χ0n) is 11.9. The lowest BCUT2D eigenvalue weighted by Gasteiger charge is -2.35. The predicted octanol–water partition coefficient (Wildman–Crippen LogP) is 4.98. The van der Waals surface area contributed by atoms with E-state index < -0.39 is 0 Å². The van der Waals surface area contributed by atoms with Gasteiger partial charge in [0.1, 0.15) is 0 Å². The third-order valence-electron chi connectivity index (χ3n) is 4.17. The first-order valence-electron chi connectivity index (χ1n) is 7.19. The lowest BCUT2D eigenvalue weighted by molar-refractivity contribution is -0.385. The summed E-state index contributed by atoms with van der Waals surface area (Å²) in [6, 6.07) is 5.69. The largest absolute Gasteiger partial charge is 0.382 e. The van der Waals surface area contributed by atoms with Crippen molar-refractivity contribution in [3.8, 4) is 0 Å². The minimum Gasteiger partial charge on any atom is -0.382 e. The van der Waals surface area contributed by atoms with Gasteiger partial charge in [0.2, 0.25) is 0 Å². The molecule has 1 aliphatic rings. The quantitative estimate of drug-likeness (QED) is 0.620. The van der Waals surface area contributed by atoms with Crippen molar-refractivity contribution in [2.45, 2.75) is 45.6 Å². The summed E-state index contributed by atoms with van der Waals surface area (Å²) < 4.78 is 0.525. The second kappa shape index (κ2) is 6.57. The van der Waals surface area contributed by atoms with Crippen LogP contribution in [0, 0.1) is 22.0 Å². The number of hydrogen-bond acceptors (Lipinski definition) is 3. The molecule has 5 heteroatoms. The number of hydrogen-bond donors (Lipinski definition) is 1. The van der Waals surface area contributed by atoms with E-state index in [-0.39, 0.29) is 10.6 Å². The van der Waals surface area contributed by atoms with E-state index in [1.165, 1.54) is 19.3 Å². The average Bonchev–Trinajstić information content (AvgIpc) is 2.41. The van der Waals surface area contributed by atoms with E-state index in [4.69, 9.17) is 0 Å². The van der Waals surface area contributed by atoms with E-state index in [1.807, 2.05) is 6.07 Å². The van der Waals surface area contributed by atoms with Gasteiger partial charge in [0.05, 0.1) is 9.40 Å². The Morgan fingerprint density at radius 3 is 2.70 bits per heavy atom. The van der Waals surface area contributed by atoms with Crippen LogP contribution in [0.15, 0.2) is 22.7 Å². The van der Waals surface area contributed by atoms with Gasteiger partial charge < -0.3 is 5.32 Å². The van der Waals surface area contributed by atoms with Gasteiger partial charge >= 0.3 is 0 Å². The third kappa shape index (κ3) is 3.51. The lowest BCUT2D eigenvalue weighted by atomic mass is 9.78. The summed E-state index contributed by atoms with van der Waals surface area (Å²) in [6.45, 7) is 4.52. The van der Waals surface area contributed by atoms with Gasteiger partial charge in [0.15, 0.2) is 0 Å². The molecule has 0 aliphatic heterocycles. The Labute approximate surface area is 128 Å². The summed E-state index contributed by atoms with van der Waals surface area (Å²) in [4.78, 5) is 10.6. The Morgan fingerprint density at radius 2 is 2.05 bits per heavy atom. The van der Waals surface area contributed by atoms with Crippen molar-refractivity contribution in [1.29, 1.82) is 0 Å². The van der Waals surface area contributed by atoms with Crippen LogP contribution >= 0.6 is 15.9 Å². The van der Waals surface area contributed by atoms with Crippen LogP contribution in [0.4, 0.5) is 11.4 Å². The number of rotatable bonds is 4. The molecule has 1 N–H and O–H groups in total. The summed E-state index contributed by atoms with van der Waals surface area (Å²) in [5.41, 5.74) is 0.962. The van der Waals surface area contributed by atoms with Gasteiger partial charge in [-0.1, -0.05) is 26.7 Å². The minimum atomic E-state index is -0.351. The molecule has 0 aromatic heterocycles. The zero-order chi connectivity index (χ0) is 14.7. The number of nitro groups is 1. The van der Waals surface area contributed by atoms with Crippen LogP contribution in [0.25, 0.3) is 0 Å². The molecule has 4 nitrogen and oxygen atoms in total. The van der Waals surface area contributed by atoms with Crippen molar-refractivity contribution in [2.24, 2.45) is 11.8 Å². The topological polar surface area (TPSA) is 55.2 Å². The van der Waals surface area contributed by atoms with Crippen LogP contribution in [-0.2, 0) is 0 Å². The first-order chi connectivity index (χ1) is 9.49.